The number of rotatable bonds is 5. The predicted molar refractivity (Wildman–Crippen MR) is 81.5 cm³/mol. The molecule has 0 atom stereocenters. The van der Waals surface area contributed by atoms with Crippen molar-refractivity contribution in [3.63, 3.8) is 0 Å². The Morgan fingerprint density at radius 2 is 1.71 bits per heavy atom. The minimum atomic E-state index is -3.58. The third-order valence-corrected chi connectivity index (χ3v) is 7.14. The first-order chi connectivity index (χ1) is 9.82. The van der Waals surface area contributed by atoms with Crippen LogP contribution < -0.4 is 4.72 Å². The Labute approximate surface area is 125 Å². The van der Waals surface area contributed by atoms with Crippen molar-refractivity contribution in [2.45, 2.75) is 24.5 Å². The minimum absolute atomic E-state index is 0.0433. The first-order valence-electron chi connectivity index (χ1n) is 6.74. The smallest absolute Gasteiger partial charge is 0.235 e. The van der Waals surface area contributed by atoms with Crippen LogP contribution in [0.15, 0.2) is 24.3 Å². The third-order valence-electron chi connectivity index (χ3n) is 3.56. The van der Waals surface area contributed by atoms with Crippen molar-refractivity contribution in [3.05, 3.63) is 29.8 Å². The molecule has 1 aliphatic rings. The van der Waals surface area contributed by atoms with Gasteiger partial charge in [0.1, 0.15) is 9.84 Å². The molecule has 0 unspecified atom stereocenters. The SMILES string of the molecule is O=S1(=O)CCC(S(=O)(=O)Nc2ccc(CCO)cc2)CC1. The second-order valence-electron chi connectivity index (χ2n) is 5.17. The van der Waals surface area contributed by atoms with Crippen LogP contribution in [0.3, 0.4) is 0 Å². The highest BCUT2D eigenvalue weighted by Gasteiger charge is 2.32. The largest absolute Gasteiger partial charge is 0.396 e. The normalized spacial score (nSPS) is 19.3. The van der Waals surface area contributed by atoms with Crippen molar-refractivity contribution in [3.8, 4) is 0 Å². The Bertz CT molecular complexity index is 666. The van der Waals surface area contributed by atoms with Gasteiger partial charge in [0.2, 0.25) is 10.0 Å². The number of aliphatic hydroxyl groups excluding tert-OH is 1. The van der Waals surface area contributed by atoms with E-state index in [-0.39, 0.29) is 31.0 Å². The van der Waals surface area contributed by atoms with Gasteiger partial charge in [-0.1, -0.05) is 12.1 Å². The van der Waals surface area contributed by atoms with E-state index in [2.05, 4.69) is 4.72 Å². The van der Waals surface area contributed by atoms with Crippen LogP contribution in [0.4, 0.5) is 5.69 Å². The van der Waals surface area contributed by atoms with Crippen LogP contribution in [0.2, 0.25) is 0 Å². The molecule has 8 heteroatoms. The highest BCUT2D eigenvalue weighted by atomic mass is 32.2. The van der Waals surface area contributed by atoms with Crippen molar-refractivity contribution in [2.75, 3.05) is 22.8 Å². The van der Waals surface area contributed by atoms with Gasteiger partial charge in [0.05, 0.1) is 16.8 Å². The summed E-state index contributed by atoms with van der Waals surface area (Å²) in [5, 5.41) is 8.16. The number of benzene rings is 1. The lowest BCUT2D eigenvalue weighted by molar-refractivity contribution is 0.299. The predicted octanol–water partition coefficient (Wildman–Crippen LogP) is 0.540. The van der Waals surface area contributed by atoms with Gasteiger partial charge in [0.25, 0.3) is 0 Å². The number of aliphatic hydroxyl groups is 1. The fourth-order valence-electron chi connectivity index (χ4n) is 2.29. The molecule has 0 radical (unpaired) electrons. The molecule has 118 valence electrons. The van der Waals surface area contributed by atoms with E-state index in [1.807, 2.05) is 0 Å². The molecular formula is C13H19NO5S2. The molecule has 6 nitrogen and oxygen atoms in total. The average Bonchev–Trinajstić information content (AvgIpc) is 2.40. The summed E-state index contributed by atoms with van der Waals surface area (Å²) in [7, 11) is -6.65. The standard InChI is InChI=1S/C13H19NO5S2/c15-8-5-11-1-3-12(4-2-11)14-21(18,19)13-6-9-20(16,17)10-7-13/h1-4,13-15H,5-10H2. The fraction of sp³-hybridized carbons (Fsp3) is 0.538. The summed E-state index contributed by atoms with van der Waals surface area (Å²) in [6, 6.07) is 6.78. The van der Waals surface area contributed by atoms with Crippen LogP contribution in [0.1, 0.15) is 18.4 Å². The van der Waals surface area contributed by atoms with E-state index < -0.39 is 25.1 Å². The van der Waals surface area contributed by atoms with Crippen LogP contribution in [0, 0.1) is 0 Å². The van der Waals surface area contributed by atoms with Crippen LogP contribution in [-0.2, 0) is 26.3 Å². The molecule has 21 heavy (non-hydrogen) atoms. The van der Waals surface area contributed by atoms with E-state index in [4.69, 9.17) is 5.11 Å². The van der Waals surface area contributed by atoms with Gasteiger partial charge in [-0.25, -0.2) is 16.8 Å². The fourth-order valence-corrected chi connectivity index (χ4v) is 5.57. The summed E-state index contributed by atoms with van der Waals surface area (Å²) in [4.78, 5) is 0. The molecule has 0 aliphatic carbocycles. The van der Waals surface area contributed by atoms with Gasteiger partial charge in [0.15, 0.2) is 0 Å². The summed E-state index contributed by atoms with van der Waals surface area (Å²) < 4.78 is 49.7. The third kappa shape index (κ3) is 4.42. The van der Waals surface area contributed by atoms with E-state index in [0.29, 0.717) is 12.1 Å². The van der Waals surface area contributed by atoms with Crippen molar-refractivity contribution >= 4 is 25.5 Å². The minimum Gasteiger partial charge on any atom is -0.396 e. The topological polar surface area (TPSA) is 101 Å². The molecule has 1 fully saturated rings. The molecule has 0 aromatic heterocycles. The van der Waals surface area contributed by atoms with E-state index >= 15 is 0 Å². The van der Waals surface area contributed by atoms with E-state index in [9.17, 15) is 16.8 Å². The summed E-state index contributed by atoms with van der Waals surface area (Å²) in [5.41, 5.74) is 1.37. The summed E-state index contributed by atoms with van der Waals surface area (Å²) in [5.74, 6) is -0.151. The number of sulfone groups is 1. The van der Waals surface area contributed by atoms with Crippen LogP contribution >= 0.6 is 0 Å². The Morgan fingerprint density at radius 3 is 2.24 bits per heavy atom. The van der Waals surface area contributed by atoms with Crippen LogP contribution in [0.5, 0.6) is 0 Å². The van der Waals surface area contributed by atoms with Gasteiger partial charge in [-0.3, -0.25) is 4.72 Å². The summed E-state index contributed by atoms with van der Waals surface area (Å²) in [6.07, 6.45) is 0.800. The van der Waals surface area contributed by atoms with E-state index in [0.717, 1.165) is 5.56 Å². The van der Waals surface area contributed by atoms with Gasteiger partial charge >= 0.3 is 0 Å². The molecule has 0 spiro atoms. The number of nitrogens with one attached hydrogen (secondary N) is 1. The second kappa shape index (κ2) is 6.33. The molecule has 1 aromatic carbocycles. The number of anilines is 1. The molecule has 2 rings (SSSR count). The quantitative estimate of drug-likeness (QED) is 0.819. The Hall–Kier alpha value is -1.12. The Morgan fingerprint density at radius 1 is 1.14 bits per heavy atom. The summed E-state index contributed by atoms with van der Waals surface area (Å²) in [6.45, 7) is 0.0433. The lowest BCUT2D eigenvalue weighted by Crippen LogP contribution is -2.36. The average molecular weight is 333 g/mol. The molecule has 0 amide bonds. The van der Waals surface area contributed by atoms with Crippen molar-refractivity contribution < 1.29 is 21.9 Å². The monoisotopic (exact) mass is 333 g/mol. The molecule has 1 heterocycles. The highest BCUT2D eigenvalue weighted by molar-refractivity contribution is 7.94. The Balaban J connectivity index is 2.04. The molecule has 0 bridgehead atoms. The molecule has 0 saturated carbocycles. The van der Waals surface area contributed by atoms with Crippen LogP contribution in [-0.4, -0.2) is 45.3 Å². The van der Waals surface area contributed by atoms with Crippen molar-refractivity contribution in [2.24, 2.45) is 0 Å². The number of hydrogen-bond acceptors (Lipinski definition) is 5. The van der Waals surface area contributed by atoms with Gasteiger partial charge in [-0.15, -0.1) is 0 Å². The number of hydrogen-bond donors (Lipinski definition) is 2. The Kier molecular flexibility index (Phi) is 4.90. The molecular weight excluding hydrogens is 314 g/mol. The zero-order valence-electron chi connectivity index (χ0n) is 11.5. The highest BCUT2D eigenvalue weighted by Crippen LogP contribution is 2.22. The first kappa shape index (κ1) is 16.3. The molecule has 1 aromatic rings. The first-order valence-corrected chi connectivity index (χ1v) is 10.1. The van der Waals surface area contributed by atoms with E-state index in [1.165, 1.54) is 0 Å². The van der Waals surface area contributed by atoms with Gasteiger partial charge in [0, 0.05) is 12.3 Å². The molecule has 2 N–H and O–H groups in total. The maximum absolute atomic E-state index is 12.2. The molecule has 1 aliphatic heterocycles. The maximum Gasteiger partial charge on any atom is 0.235 e. The number of sulfonamides is 1. The zero-order valence-corrected chi connectivity index (χ0v) is 13.2. The summed E-state index contributed by atoms with van der Waals surface area (Å²) >= 11 is 0. The van der Waals surface area contributed by atoms with Gasteiger partial charge < -0.3 is 5.11 Å². The second-order valence-corrected chi connectivity index (χ2v) is 9.43. The maximum atomic E-state index is 12.2. The zero-order chi connectivity index (χ0) is 15.5. The van der Waals surface area contributed by atoms with Crippen LogP contribution in [0.25, 0.3) is 0 Å². The van der Waals surface area contributed by atoms with Crippen molar-refractivity contribution in [1.29, 1.82) is 0 Å². The lowest BCUT2D eigenvalue weighted by Gasteiger charge is -2.22. The van der Waals surface area contributed by atoms with E-state index in [1.54, 1.807) is 24.3 Å². The van der Waals surface area contributed by atoms with Gasteiger partial charge in [-0.05, 0) is 37.0 Å². The van der Waals surface area contributed by atoms with Gasteiger partial charge in [-0.2, -0.15) is 0 Å². The molecule has 1 saturated heterocycles. The lowest BCUT2D eigenvalue weighted by atomic mass is 10.1. The van der Waals surface area contributed by atoms with Crippen molar-refractivity contribution in [1.82, 2.24) is 0 Å².